The largest absolute Gasteiger partial charge is 0.367 e. The van der Waals surface area contributed by atoms with E-state index in [0.717, 1.165) is 46.8 Å². The number of hydrogen-bond acceptors (Lipinski definition) is 6. The molecule has 0 amide bonds. The van der Waals surface area contributed by atoms with Crippen LogP contribution in [0, 0.1) is 6.92 Å². The highest BCUT2D eigenvalue weighted by molar-refractivity contribution is 6.46. The van der Waals surface area contributed by atoms with E-state index >= 15 is 0 Å². The van der Waals surface area contributed by atoms with Gasteiger partial charge < -0.3 is 14.1 Å². The van der Waals surface area contributed by atoms with Gasteiger partial charge in [0.15, 0.2) is 11.4 Å². The Morgan fingerprint density at radius 3 is 2.12 bits per heavy atom. The Balaban J connectivity index is 1.78. The van der Waals surface area contributed by atoms with Crippen LogP contribution in [-0.2, 0) is 20.9 Å². The van der Waals surface area contributed by atoms with Gasteiger partial charge in [-0.1, -0.05) is 42.8 Å². The standard InChI is InChI=1S/C33H36N2O5/c1-7-9-14-27(34-40-32(38)33(4,5)39-6)31(37)23-16-18-29-26(20-23)25-19-22(15-17-28(25)35(29)8-2)30(36)24-13-11-10-12-21(24)3/h10-13,15-20H,7-9,14H2,1-6H3. The van der Waals surface area contributed by atoms with Gasteiger partial charge in [-0.3, -0.25) is 9.59 Å². The zero-order chi connectivity index (χ0) is 29.0. The van der Waals surface area contributed by atoms with Crippen molar-refractivity contribution in [3.63, 3.8) is 0 Å². The fraction of sp³-hybridized carbons (Fsp3) is 0.333. The molecule has 0 spiro atoms. The molecule has 0 N–H and O–H groups in total. The number of ketones is 2. The van der Waals surface area contributed by atoms with Gasteiger partial charge in [-0.15, -0.1) is 0 Å². The number of oxime groups is 1. The Morgan fingerprint density at radius 1 is 0.900 bits per heavy atom. The van der Waals surface area contributed by atoms with Crippen molar-refractivity contribution >= 4 is 45.1 Å². The number of carbonyl (C=O) groups is 3. The lowest BCUT2D eigenvalue weighted by atomic mass is 9.97. The smallest absolute Gasteiger partial charge is 0.365 e. The topological polar surface area (TPSA) is 87.0 Å². The molecule has 0 aliphatic rings. The number of aryl methyl sites for hydroxylation is 2. The lowest BCUT2D eigenvalue weighted by Gasteiger charge is -2.18. The van der Waals surface area contributed by atoms with Crippen LogP contribution in [0.1, 0.15) is 78.8 Å². The highest BCUT2D eigenvalue weighted by Crippen LogP contribution is 2.32. The van der Waals surface area contributed by atoms with Crippen LogP contribution in [0.3, 0.4) is 0 Å². The monoisotopic (exact) mass is 540 g/mol. The summed E-state index contributed by atoms with van der Waals surface area (Å²) in [5, 5.41) is 5.75. The highest BCUT2D eigenvalue weighted by atomic mass is 16.7. The molecule has 0 aliphatic carbocycles. The summed E-state index contributed by atoms with van der Waals surface area (Å²) in [6.45, 7) is 9.89. The van der Waals surface area contributed by atoms with Gasteiger partial charge in [0.1, 0.15) is 5.71 Å². The second kappa shape index (κ2) is 12.0. The number of rotatable bonds is 11. The molecule has 1 aromatic heterocycles. The van der Waals surface area contributed by atoms with Gasteiger partial charge in [0.2, 0.25) is 5.78 Å². The van der Waals surface area contributed by atoms with Crippen LogP contribution >= 0.6 is 0 Å². The Kier molecular flexibility index (Phi) is 8.64. The third-order valence-corrected chi connectivity index (χ3v) is 7.37. The second-order valence-electron chi connectivity index (χ2n) is 10.4. The predicted molar refractivity (Wildman–Crippen MR) is 158 cm³/mol. The quantitative estimate of drug-likeness (QED) is 0.0880. The molecular formula is C33H36N2O5. The first-order chi connectivity index (χ1) is 19.1. The van der Waals surface area contributed by atoms with Gasteiger partial charge in [0.05, 0.1) is 0 Å². The summed E-state index contributed by atoms with van der Waals surface area (Å²) >= 11 is 0. The number of Topliss-reactive ketones (excluding diaryl/α,β-unsaturated/α-hetero) is 1. The molecule has 0 radical (unpaired) electrons. The number of nitrogens with zero attached hydrogens (tertiary/aromatic N) is 2. The SMILES string of the molecule is CCCCC(=NOC(=O)C(C)(C)OC)C(=O)c1ccc2c(c1)c1cc(C(=O)c3ccccc3C)ccc1n2CC. The molecule has 7 nitrogen and oxygen atoms in total. The molecular weight excluding hydrogens is 504 g/mol. The van der Waals surface area contributed by atoms with Crippen molar-refractivity contribution in [1.29, 1.82) is 0 Å². The summed E-state index contributed by atoms with van der Waals surface area (Å²) in [6, 6.07) is 18.8. The van der Waals surface area contributed by atoms with Crippen LogP contribution in [0.4, 0.5) is 0 Å². The molecule has 40 heavy (non-hydrogen) atoms. The van der Waals surface area contributed by atoms with E-state index in [-0.39, 0.29) is 17.3 Å². The molecule has 4 rings (SSSR count). The molecule has 0 aliphatic heterocycles. The summed E-state index contributed by atoms with van der Waals surface area (Å²) in [4.78, 5) is 44.5. The fourth-order valence-electron chi connectivity index (χ4n) is 4.71. The molecule has 0 saturated carbocycles. The van der Waals surface area contributed by atoms with Gasteiger partial charge in [-0.25, -0.2) is 4.79 Å². The van der Waals surface area contributed by atoms with Crippen LogP contribution < -0.4 is 0 Å². The summed E-state index contributed by atoms with van der Waals surface area (Å²) in [5.74, 6) is -1.02. The van der Waals surface area contributed by atoms with Crippen molar-refractivity contribution in [2.75, 3.05) is 7.11 Å². The van der Waals surface area contributed by atoms with Crippen LogP contribution in [-0.4, -0.2) is 40.5 Å². The minimum atomic E-state index is -1.18. The van der Waals surface area contributed by atoms with Crippen molar-refractivity contribution in [2.24, 2.45) is 5.16 Å². The normalized spacial score (nSPS) is 12.2. The predicted octanol–water partition coefficient (Wildman–Crippen LogP) is 7.05. The van der Waals surface area contributed by atoms with Crippen LogP contribution in [0.5, 0.6) is 0 Å². The number of ether oxygens (including phenoxy) is 1. The van der Waals surface area contributed by atoms with Gasteiger partial charge >= 0.3 is 5.97 Å². The van der Waals surface area contributed by atoms with Crippen molar-refractivity contribution in [1.82, 2.24) is 4.57 Å². The molecule has 0 saturated heterocycles. The van der Waals surface area contributed by atoms with Gasteiger partial charge in [0.25, 0.3) is 0 Å². The number of carbonyl (C=O) groups excluding carboxylic acids is 3. The average molecular weight is 541 g/mol. The van der Waals surface area contributed by atoms with E-state index in [9.17, 15) is 14.4 Å². The third-order valence-electron chi connectivity index (χ3n) is 7.37. The summed E-state index contributed by atoms with van der Waals surface area (Å²) in [5.41, 5.74) is 3.56. The van der Waals surface area contributed by atoms with E-state index in [2.05, 4.69) is 16.6 Å². The summed E-state index contributed by atoms with van der Waals surface area (Å²) in [6.07, 6.45) is 1.95. The number of methoxy groups -OCH3 is 1. The highest BCUT2D eigenvalue weighted by Gasteiger charge is 2.30. The van der Waals surface area contributed by atoms with Crippen molar-refractivity contribution in [3.05, 3.63) is 82.9 Å². The van der Waals surface area contributed by atoms with E-state index in [0.29, 0.717) is 23.1 Å². The summed E-state index contributed by atoms with van der Waals surface area (Å²) < 4.78 is 7.33. The van der Waals surface area contributed by atoms with Gasteiger partial charge in [-0.05, 0) is 82.5 Å². The Morgan fingerprint density at radius 2 is 1.52 bits per heavy atom. The minimum Gasteiger partial charge on any atom is -0.367 e. The first-order valence-corrected chi connectivity index (χ1v) is 13.7. The van der Waals surface area contributed by atoms with Gasteiger partial charge in [-0.2, -0.15) is 0 Å². The maximum atomic E-state index is 13.6. The van der Waals surface area contributed by atoms with Crippen molar-refractivity contribution in [3.8, 4) is 0 Å². The van der Waals surface area contributed by atoms with E-state index in [4.69, 9.17) is 9.57 Å². The third kappa shape index (κ3) is 5.61. The molecule has 4 aromatic rings. The molecule has 7 heteroatoms. The van der Waals surface area contributed by atoms with E-state index in [1.807, 2.05) is 68.4 Å². The van der Waals surface area contributed by atoms with E-state index in [1.165, 1.54) is 7.11 Å². The Bertz CT molecular complexity index is 1630. The van der Waals surface area contributed by atoms with Crippen LogP contribution in [0.2, 0.25) is 0 Å². The number of aromatic nitrogens is 1. The Labute approximate surface area is 234 Å². The molecule has 0 unspecified atom stereocenters. The number of unbranched alkanes of at least 4 members (excludes halogenated alkanes) is 1. The number of benzene rings is 3. The molecule has 208 valence electrons. The van der Waals surface area contributed by atoms with Crippen LogP contribution in [0.15, 0.2) is 65.8 Å². The molecule has 3 aromatic carbocycles. The minimum absolute atomic E-state index is 0.0422. The maximum Gasteiger partial charge on any atom is 0.365 e. The first-order valence-electron chi connectivity index (χ1n) is 13.7. The molecule has 0 fully saturated rings. The second-order valence-corrected chi connectivity index (χ2v) is 10.4. The van der Waals surface area contributed by atoms with E-state index < -0.39 is 11.6 Å². The van der Waals surface area contributed by atoms with E-state index in [1.54, 1.807) is 19.9 Å². The average Bonchev–Trinajstić information content (AvgIpc) is 3.28. The van der Waals surface area contributed by atoms with Gasteiger partial charge in [0, 0.05) is 52.2 Å². The van der Waals surface area contributed by atoms with Crippen molar-refractivity contribution < 1.29 is 24.0 Å². The lowest BCUT2D eigenvalue weighted by Crippen LogP contribution is -2.35. The molecule has 0 bridgehead atoms. The zero-order valence-electron chi connectivity index (χ0n) is 24.0. The van der Waals surface area contributed by atoms with Crippen molar-refractivity contribution in [2.45, 2.75) is 66.0 Å². The molecule has 1 heterocycles. The molecule has 0 atom stereocenters. The number of fused-ring (bicyclic) bond motifs is 3. The van der Waals surface area contributed by atoms with Crippen LogP contribution in [0.25, 0.3) is 21.8 Å². The lowest BCUT2D eigenvalue weighted by molar-refractivity contribution is -0.165. The fourth-order valence-corrected chi connectivity index (χ4v) is 4.71. The summed E-state index contributed by atoms with van der Waals surface area (Å²) in [7, 11) is 1.41. The first kappa shape index (κ1) is 28.9. The number of hydrogen-bond donors (Lipinski definition) is 0. The maximum absolute atomic E-state index is 13.6. The Hall–Kier alpha value is -4.10. The zero-order valence-corrected chi connectivity index (χ0v) is 24.0.